The SMILES string of the molecule is CCOC(=O)C1=C(C)Nc2ccn(CCCN3CCCCC3)c(=O)c2C1c1cccs1. The summed E-state index contributed by atoms with van der Waals surface area (Å²) in [5.41, 5.74) is 2.65. The molecule has 1 unspecified atom stereocenters. The number of likely N-dealkylation sites (tertiary alicyclic amines) is 1. The van der Waals surface area contributed by atoms with Gasteiger partial charge in [0, 0.05) is 29.0 Å². The molecule has 0 aliphatic carbocycles. The van der Waals surface area contributed by atoms with Crippen LogP contribution >= 0.6 is 11.3 Å². The molecule has 4 heterocycles. The molecule has 2 aliphatic rings. The van der Waals surface area contributed by atoms with Gasteiger partial charge in [0.1, 0.15) is 0 Å². The van der Waals surface area contributed by atoms with E-state index < -0.39 is 5.92 Å². The van der Waals surface area contributed by atoms with Crippen molar-refractivity contribution in [2.24, 2.45) is 0 Å². The van der Waals surface area contributed by atoms with Gasteiger partial charge in [0.05, 0.1) is 23.7 Å². The molecule has 2 aromatic heterocycles. The summed E-state index contributed by atoms with van der Waals surface area (Å²) in [4.78, 5) is 29.9. The zero-order valence-corrected chi connectivity index (χ0v) is 19.2. The molecule has 6 nitrogen and oxygen atoms in total. The first-order valence-electron chi connectivity index (χ1n) is 11.2. The third-order valence-corrected chi connectivity index (χ3v) is 7.09. The molecule has 31 heavy (non-hydrogen) atoms. The topological polar surface area (TPSA) is 63.6 Å². The Labute approximate surface area is 187 Å². The highest BCUT2D eigenvalue weighted by atomic mass is 32.1. The number of fused-ring (bicyclic) bond motifs is 1. The first-order valence-corrected chi connectivity index (χ1v) is 12.1. The third kappa shape index (κ3) is 4.62. The fourth-order valence-corrected chi connectivity index (χ4v) is 5.50. The van der Waals surface area contributed by atoms with Crippen molar-refractivity contribution in [3.63, 3.8) is 0 Å². The number of aromatic nitrogens is 1. The van der Waals surface area contributed by atoms with Gasteiger partial charge in [0.15, 0.2) is 0 Å². The summed E-state index contributed by atoms with van der Waals surface area (Å²) in [6.07, 6.45) is 6.69. The molecule has 1 saturated heterocycles. The van der Waals surface area contributed by atoms with E-state index in [0.717, 1.165) is 42.3 Å². The molecule has 0 aromatic carbocycles. The number of carbonyl (C=O) groups excluding carboxylic acids is 1. The van der Waals surface area contributed by atoms with Crippen LogP contribution in [0.3, 0.4) is 0 Å². The van der Waals surface area contributed by atoms with Gasteiger partial charge in [-0.3, -0.25) is 4.79 Å². The van der Waals surface area contributed by atoms with E-state index >= 15 is 0 Å². The van der Waals surface area contributed by atoms with Gasteiger partial charge >= 0.3 is 5.97 Å². The summed E-state index contributed by atoms with van der Waals surface area (Å²) in [5, 5.41) is 5.26. The minimum absolute atomic E-state index is 0.0312. The Morgan fingerprint density at radius 2 is 2.03 bits per heavy atom. The minimum atomic E-state index is -0.405. The summed E-state index contributed by atoms with van der Waals surface area (Å²) in [6, 6.07) is 5.91. The van der Waals surface area contributed by atoms with Crippen molar-refractivity contribution in [1.82, 2.24) is 9.47 Å². The highest BCUT2D eigenvalue weighted by molar-refractivity contribution is 7.10. The number of rotatable bonds is 7. The maximum Gasteiger partial charge on any atom is 0.336 e. The zero-order valence-electron chi connectivity index (χ0n) is 18.4. The molecule has 4 rings (SSSR count). The number of hydrogen-bond donors (Lipinski definition) is 1. The maximum absolute atomic E-state index is 13.6. The average Bonchev–Trinajstić information content (AvgIpc) is 3.30. The van der Waals surface area contributed by atoms with Gasteiger partial charge in [-0.05, 0) is 70.3 Å². The van der Waals surface area contributed by atoms with Crippen molar-refractivity contribution >= 4 is 23.0 Å². The van der Waals surface area contributed by atoms with Gasteiger partial charge in [-0.1, -0.05) is 12.5 Å². The van der Waals surface area contributed by atoms with Crippen molar-refractivity contribution in [2.45, 2.75) is 52.0 Å². The number of esters is 1. The van der Waals surface area contributed by atoms with Crippen molar-refractivity contribution in [3.05, 3.63) is 61.8 Å². The van der Waals surface area contributed by atoms with Crippen LogP contribution in [0.4, 0.5) is 5.69 Å². The molecule has 166 valence electrons. The Morgan fingerprint density at radius 1 is 1.23 bits per heavy atom. The van der Waals surface area contributed by atoms with E-state index in [1.807, 2.05) is 36.7 Å². The number of anilines is 1. The standard InChI is InChI=1S/C24H31N3O3S/c1-3-30-24(29)20-17(2)25-18-10-15-27(14-8-13-26-11-5-4-6-12-26)23(28)21(18)22(20)19-9-7-16-31-19/h7,9-10,15-16,22,25H,3-6,8,11-14H2,1-2H3. The highest BCUT2D eigenvalue weighted by Crippen LogP contribution is 2.42. The van der Waals surface area contributed by atoms with Crippen molar-refractivity contribution in [1.29, 1.82) is 0 Å². The predicted molar refractivity (Wildman–Crippen MR) is 125 cm³/mol. The fourth-order valence-electron chi connectivity index (χ4n) is 4.65. The van der Waals surface area contributed by atoms with Crippen LogP contribution in [0.25, 0.3) is 0 Å². The van der Waals surface area contributed by atoms with Gasteiger partial charge in [0.2, 0.25) is 0 Å². The van der Waals surface area contributed by atoms with E-state index in [2.05, 4.69) is 10.2 Å². The first kappa shape index (κ1) is 21.8. The van der Waals surface area contributed by atoms with Crippen LogP contribution in [0.2, 0.25) is 0 Å². The summed E-state index contributed by atoms with van der Waals surface area (Å²) in [5.74, 6) is -0.770. The van der Waals surface area contributed by atoms with E-state index in [-0.39, 0.29) is 11.5 Å². The molecule has 0 spiro atoms. The first-order chi connectivity index (χ1) is 15.1. The quantitative estimate of drug-likeness (QED) is 0.653. The molecule has 1 fully saturated rings. The van der Waals surface area contributed by atoms with Crippen LogP contribution < -0.4 is 10.9 Å². The number of ether oxygens (including phenoxy) is 1. The Balaban J connectivity index is 1.64. The molecule has 1 N–H and O–H groups in total. The molecule has 0 radical (unpaired) electrons. The van der Waals surface area contributed by atoms with Crippen LogP contribution in [0.15, 0.2) is 45.8 Å². The smallest absolute Gasteiger partial charge is 0.336 e. The largest absolute Gasteiger partial charge is 0.463 e. The van der Waals surface area contributed by atoms with Crippen LogP contribution in [0.1, 0.15) is 55.9 Å². The van der Waals surface area contributed by atoms with E-state index in [0.29, 0.717) is 24.3 Å². The third-order valence-electron chi connectivity index (χ3n) is 6.15. The number of allylic oxidation sites excluding steroid dienone is 1. The lowest BCUT2D eigenvalue weighted by atomic mass is 9.85. The van der Waals surface area contributed by atoms with Gasteiger partial charge in [0.25, 0.3) is 5.56 Å². The van der Waals surface area contributed by atoms with Gasteiger partial charge < -0.3 is 19.5 Å². The Kier molecular flexibility index (Phi) is 6.92. The number of pyridine rings is 1. The number of aryl methyl sites for hydroxylation is 1. The minimum Gasteiger partial charge on any atom is -0.463 e. The monoisotopic (exact) mass is 441 g/mol. The van der Waals surface area contributed by atoms with Crippen LogP contribution in [-0.4, -0.2) is 41.7 Å². The summed E-state index contributed by atoms with van der Waals surface area (Å²) >= 11 is 1.56. The molecule has 2 aliphatic heterocycles. The number of carbonyl (C=O) groups is 1. The normalized spacial score (nSPS) is 19.1. The van der Waals surface area contributed by atoms with Crippen LogP contribution in [-0.2, 0) is 16.1 Å². The van der Waals surface area contributed by atoms with Crippen LogP contribution in [0, 0.1) is 0 Å². The van der Waals surface area contributed by atoms with Gasteiger partial charge in [-0.25, -0.2) is 4.79 Å². The van der Waals surface area contributed by atoms with Crippen molar-refractivity contribution in [3.8, 4) is 0 Å². The number of nitrogens with one attached hydrogen (secondary N) is 1. The van der Waals surface area contributed by atoms with E-state index in [4.69, 9.17) is 4.74 Å². The molecule has 1 atom stereocenters. The summed E-state index contributed by atoms with van der Waals surface area (Å²) in [7, 11) is 0. The average molecular weight is 442 g/mol. The predicted octanol–water partition coefficient (Wildman–Crippen LogP) is 4.18. The zero-order chi connectivity index (χ0) is 21.8. The number of thiophene rings is 1. The summed E-state index contributed by atoms with van der Waals surface area (Å²) < 4.78 is 7.15. The summed E-state index contributed by atoms with van der Waals surface area (Å²) in [6.45, 7) is 8.00. The second-order valence-electron chi connectivity index (χ2n) is 8.23. The highest BCUT2D eigenvalue weighted by Gasteiger charge is 2.36. The van der Waals surface area contributed by atoms with E-state index in [1.54, 1.807) is 22.8 Å². The lowest BCUT2D eigenvalue weighted by Gasteiger charge is -2.29. The molecule has 0 bridgehead atoms. The maximum atomic E-state index is 13.6. The number of piperidine rings is 1. The second kappa shape index (κ2) is 9.83. The Morgan fingerprint density at radius 3 is 2.74 bits per heavy atom. The second-order valence-corrected chi connectivity index (χ2v) is 9.21. The fraction of sp³-hybridized carbons (Fsp3) is 0.500. The lowest BCUT2D eigenvalue weighted by molar-refractivity contribution is -0.138. The van der Waals surface area contributed by atoms with E-state index in [1.165, 1.54) is 19.3 Å². The number of nitrogens with zero attached hydrogens (tertiary/aromatic N) is 2. The molecule has 0 amide bonds. The van der Waals surface area contributed by atoms with Gasteiger partial charge in [-0.15, -0.1) is 11.3 Å². The molecular formula is C24H31N3O3S. The molecule has 2 aromatic rings. The molecular weight excluding hydrogens is 410 g/mol. The molecule has 7 heteroatoms. The van der Waals surface area contributed by atoms with Gasteiger partial charge in [-0.2, -0.15) is 0 Å². The Bertz CT molecular complexity index is 1000. The van der Waals surface area contributed by atoms with Crippen LogP contribution in [0.5, 0.6) is 0 Å². The number of hydrogen-bond acceptors (Lipinski definition) is 6. The lowest BCUT2D eigenvalue weighted by Crippen LogP contribution is -2.34. The van der Waals surface area contributed by atoms with Crippen molar-refractivity contribution in [2.75, 3.05) is 31.6 Å². The molecule has 0 saturated carbocycles. The van der Waals surface area contributed by atoms with E-state index in [9.17, 15) is 9.59 Å². The Hall–Kier alpha value is -2.38. The van der Waals surface area contributed by atoms with Crippen molar-refractivity contribution < 1.29 is 9.53 Å².